The second-order valence-corrected chi connectivity index (χ2v) is 6.33. The fourth-order valence-electron chi connectivity index (χ4n) is 2.85. The van der Waals surface area contributed by atoms with Crippen LogP contribution in [0.15, 0.2) is 89.9 Å². The molecule has 4 aromatic rings. The number of benzene rings is 2. The summed E-state index contributed by atoms with van der Waals surface area (Å²) in [5, 5.41) is 2.89. The summed E-state index contributed by atoms with van der Waals surface area (Å²) < 4.78 is 18.1. The van der Waals surface area contributed by atoms with E-state index < -0.39 is 0 Å². The predicted octanol–water partition coefficient (Wildman–Crippen LogP) is 5.08. The summed E-state index contributed by atoms with van der Waals surface area (Å²) in [6, 6.07) is 19.1. The first kappa shape index (κ1) is 17.7. The maximum atomic E-state index is 13.0. The third-order valence-corrected chi connectivity index (χ3v) is 4.42. The van der Waals surface area contributed by atoms with E-state index in [0.717, 1.165) is 27.9 Å². The zero-order chi connectivity index (χ0) is 19.3. The molecule has 0 spiro atoms. The molecule has 2 aromatic heterocycles. The van der Waals surface area contributed by atoms with Crippen molar-refractivity contribution in [1.29, 1.82) is 0 Å². The Morgan fingerprint density at radius 1 is 0.893 bits per heavy atom. The number of amides is 1. The van der Waals surface area contributed by atoms with Crippen molar-refractivity contribution in [3.63, 3.8) is 0 Å². The van der Waals surface area contributed by atoms with E-state index in [4.69, 9.17) is 4.42 Å². The molecule has 0 atom stereocenters. The summed E-state index contributed by atoms with van der Waals surface area (Å²) in [6.07, 6.45) is 4.98. The highest BCUT2D eigenvalue weighted by Crippen LogP contribution is 2.20. The number of furan rings is 1. The Morgan fingerprint density at radius 3 is 2.21 bits per heavy atom. The van der Waals surface area contributed by atoms with E-state index in [9.17, 15) is 9.18 Å². The van der Waals surface area contributed by atoms with E-state index >= 15 is 0 Å². The Balaban J connectivity index is 1.37. The van der Waals surface area contributed by atoms with Crippen molar-refractivity contribution in [3.8, 4) is 22.4 Å². The molecule has 138 valence electrons. The summed E-state index contributed by atoms with van der Waals surface area (Å²) in [5.74, 6) is -0.434. The van der Waals surface area contributed by atoms with Crippen molar-refractivity contribution in [2.45, 2.75) is 6.54 Å². The summed E-state index contributed by atoms with van der Waals surface area (Å²) in [6.45, 7) is 0.386. The molecular weight excluding hydrogens is 355 g/mol. The van der Waals surface area contributed by atoms with Gasteiger partial charge in [-0.1, -0.05) is 30.3 Å². The van der Waals surface area contributed by atoms with Gasteiger partial charge < -0.3 is 9.73 Å². The fraction of sp³-hybridized carbons (Fsp3) is 0.0435. The van der Waals surface area contributed by atoms with Gasteiger partial charge >= 0.3 is 0 Å². The molecule has 0 aliphatic carbocycles. The molecular formula is C23H17FN2O2. The molecule has 0 saturated carbocycles. The third kappa shape index (κ3) is 3.99. The highest BCUT2D eigenvalue weighted by Gasteiger charge is 2.07. The largest absolute Gasteiger partial charge is 0.472 e. The minimum absolute atomic E-state index is 0.162. The highest BCUT2D eigenvalue weighted by atomic mass is 19.1. The summed E-state index contributed by atoms with van der Waals surface area (Å²) >= 11 is 0. The molecule has 4 rings (SSSR count). The van der Waals surface area contributed by atoms with E-state index in [1.807, 2.05) is 30.3 Å². The standard InChI is InChI=1S/C23H17FN2O2/c24-21-8-6-18(7-9-21)17-2-4-19(5-3-17)23(27)26-14-16-1-10-22(25-13-16)20-11-12-28-15-20/h1-13,15H,14H2,(H,26,27). The lowest BCUT2D eigenvalue weighted by atomic mass is 10.0. The van der Waals surface area contributed by atoms with Crippen LogP contribution in [-0.4, -0.2) is 10.9 Å². The third-order valence-electron chi connectivity index (χ3n) is 4.42. The molecule has 2 aromatic carbocycles. The van der Waals surface area contributed by atoms with Gasteiger partial charge in [-0.3, -0.25) is 9.78 Å². The van der Waals surface area contributed by atoms with Crippen LogP contribution in [0.25, 0.3) is 22.4 Å². The summed E-state index contributed by atoms with van der Waals surface area (Å²) in [4.78, 5) is 16.8. The van der Waals surface area contributed by atoms with Gasteiger partial charge in [0.25, 0.3) is 5.91 Å². The molecule has 0 radical (unpaired) electrons. The van der Waals surface area contributed by atoms with Gasteiger partial charge in [-0.25, -0.2) is 4.39 Å². The Kier molecular flexibility index (Phi) is 4.97. The quantitative estimate of drug-likeness (QED) is 0.532. The number of halogens is 1. The van der Waals surface area contributed by atoms with Crippen molar-refractivity contribution >= 4 is 5.91 Å². The number of aromatic nitrogens is 1. The monoisotopic (exact) mass is 372 g/mol. The zero-order valence-electron chi connectivity index (χ0n) is 14.9. The molecule has 4 nitrogen and oxygen atoms in total. The zero-order valence-corrected chi connectivity index (χ0v) is 14.9. The van der Waals surface area contributed by atoms with Crippen LogP contribution < -0.4 is 5.32 Å². The van der Waals surface area contributed by atoms with Crippen LogP contribution in [0.2, 0.25) is 0 Å². The molecule has 2 heterocycles. The Bertz CT molecular complexity index is 1060. The van der Waals surface area contributed by atoms with Crippen LogP contribution in [0.5, 0.6) is 0 Å². The molecule has 5 heteroatoms. The van der Waals surface area contributed by atoms with Gasteiger partial charge in [0.05, 0.1) is 18.2 Å². The van der Waals surface area contributed by atoms with Gasteiger partial charge in [0, 0.05) is 23.9 Å². The van der Waals surface area contributed by atoms with Crippen molar-refractivity contribution in [3.05, 3.63) is 102 Å². The lowest BCUT2D eigenvalue weighted by Crippen LogP contribution is -2.22. The number of hydrogen-bond donors (Lipinski definition) is 1. The van der Waals surface area contributed by atoms with Crippen molar-refractivity contribution in [2.24, 2.45) is 0 Å². The van der Waals surface area contributed by atoms with E-state index in [-0.39, 0.29) is 11.7 Å². The van der Waals surface area contributed by atoms with Crippen molar-refractivity contribution in [1.82, 2.24) is 10.3 Å². The topological polar surface area (TPSA) is 55.1 Å². The van der Waals surface area contributed by atoms with Crippen LogP contribution >= 0.6 is 0 Å². The number of carbonyl (C=O) groups excluding carboxylic acids is 1. The molecule has 28 heavy (non-hydrogen) atoms. The highest BCUT2D eigenvalue weighted by molar-refractivity contribution is 5.94. The second kappa shape index (κ2) is 7.88. The lowest BCUT2D eigenvalue weighted by molar-refractivity contribution is 0.0951. The van der Waals surface area contributed by atoms with E-state index in [2.05, 4.69) is 10.3 Å². The molecule has 0 aliphatic heterocycles. The summed E-state index contributed by atoms with van der Waals surface area (Å²) in [5.41, 5.74) is 5.03. The normalized spacial score (nSPS) is 10.6. The minimum Gasteiger partial charge on any atom is -0.472 e. The number of nitrogens with one attached hydrogen (secondary N) is 1. The van der Waals surface area contributed by atoms with Crippen molar-refractivity contribution in [2.75, 3.05) is 0 Å². The first-order valence-electron chi connectivity index (χ1n) is 8.81. The molecule has 1 N–H and O–H groups in total. The van der Waals surface area contributed by atoms with Crippen LogP contribution in [0.4, 0.5) is 4.39 Å². The van der Waals surface area contributed by atoms with Crippen LogP contribution in [0.1, 0.15) is 15.9 Å². The number of nitrogens with zero attached hydrogens (tertiary/aromatic N) is 1. The molecule has 0 saturated heterocycles. The van der Waals surface area contributed by atoms with E-state index in [1.54, 1.807) is 43.0 Å². The second-order valence-electron chi connectivity index (χ2n) is 6.33. The van der Waals surface area contributed by atoms with Crippen LogP contribution in [-0.2, 0) is 6.54 Å². The smallest absolute Gasteiger partial charge is 0.251 e. The fourth-order valence-corrected chi connectivity index (χ4v) is 2.85. The Morgan fingerprint density at radius 2 is 1.61 bits per heavy atom. The first-order valence-corrected chi connectivity index (χ1v) is 8.81. The van der Waals surface area contributed by atoms with Gasteiger partial charge in [0.2, 0.25) is 0 Å². The average Bonchev–Trinajstić information content (AvgIpc) is 3.28. The Labute approximate surface area is 161 Å². The van der Waals surface area contributed by atoms with Gasteiger partial charge in [-0.2, -0.15) is 0 Å². The first-order chi connectivity index (χ1) is 13.7. The molecule has 0 fully saturated rings. The molecule has 0 unspecified atom stereocenters. The van der Waals surface area contributed by atoms with Crippen LogP contribution in [0, 0.1) is 5.82 Å². The SMILES string of the molecule is O=C(NCc1ccc(-c2ccoc2)nc1)c1ccc(-c2ccc(F)cc2)cc1. The maximum absolute atomic E-state index is 13.0. The average molecular weight is 372 g/mol. The minimum atomic E-state index is -0.271. The predicted molar refractivity (Wildman–Crippen MR) is 105 cm³/mol. The lowest BCUT2D eigenvalue weighted by Gasteiger charge is -2.07. The van der Waals surface area contributed by atoms with E-state index in [1.165, 1.54) is 12.1 Å². The number of rotatable bonds is 5. The summed E-state index contributed by atoms with van der Waals surface area (Å²) in [7, 11) is 0. The molecule has 0 aliphatic rings. The number of pyridine rings is 1. The molecule has 0 bridgehead atoms. The van der Waals surface area contributed by atoms with E-state index in [0.29, 0.717) is 12.1 Å². The van der Waals surface area contributed by atoms with Gasteiger partial charge in [-0.15, -0.1) is 0 Å². The number of carbonyl (C=O) groups is 1. The number of hydrogen-bond acceptors (Lipinski definition) is 3. The van der Waals surface area contributed by atoms with Gasteiger partial charge in [0.15, 0.2) is 0 Å². The van der Waals surface area contributed by atoms with Gasteiger partial charge in [-0.05, 0) is 53.1 Å². The molecule has 1 amide bonds. The van der Waals surface area contributed by atoms with Gasteiger partial charge in [0.1, 0.15) is 5.82 Å². The van der Waals surface area contributed by atoms with Crippen molar-refractivity contribution < 1.29 is 13.6 Å². The Hall–Kier alpha value is -3.73. The van der Waals surface area contributed by atoms with Crippen LogP contribution in [0.3, 0.4) is 0 Å². The maximum Gasteiger partial charge on any atom is 0.251 e.